The van der Waals surface area contributed by atoms with Gasteiger partial charge in [-0.3, -0.25) is 0 Å². The SMILES string of the molecule is C=CC(=C)/C=C\C(=C/C)c1ccc2c(c1)c1cc(N(C3=CC=CCC3C)c3ccccc3)ccc1n2C(/C=C\C=C/C)CC. The van der Waals surface area contributed by atoms with Crippen molar-refractivity contribution < 1.29 is 0 Å². The van der Waals surface area contributed by atoms with Crippen molar-refractivity contribution in [1.29, 1.82) is 0 Å². The van der Waals surface area contributed by atoms with Crippen LogP contribution >= 0.6 is 0 Å². The molecule has 0 spiro atoms. The average molecular weight is 577 g/mol. The number of allylic oxidation sites excluding steroid dienone is 14. The van der Waals surface area contributed by atoms with E-state index in [0.717, 1.165) is 24.0 Å². The van der Waals surface area contributed by atoms with Crippen molar-refractivity contribution in [3.8, 4) is 0 Å². The van der Waals surface area contributed by atoms with E-state index in [0.29, 0.717) is 5.92 Å². The van der Waals surface area contributed by atoms with Crippen LogP contribution in [0.15, 0.2) is 158 Å². The molecule has 0 aliphatic heterocycles. The molecule has 1 aliphatic carbocycles. The molecule has 1 aliphatic rings. The number of nitrogens with zero attached hydrogens (tertiary/aromatic N) is 2. The summed E-state index contributed by atoms with van der Waals surface area (Å²) in [5.74, 6) is 0.416. The van der Waals surface area contributed by atoms with Gasteiger partial charge in [0.05, 0.1) is 6.04 Å². The fraction of sp³-hybridized carbons (Fsp3) is 0.190. The molecule has 44 heavy (non-hydrogen) atoms. The Morgan fingerprint density at radius 2 is 1.70 bits per heavy atom. The molecule has 222 valence electrons. The zero-order valence-electron chi connectivity index (χ0n) is 26.6. The summed E-state index contributed by atoms with van der Waals surface area (Å²) in [6.07, 6.45) is 25.5. The van der Waals surface area contributed by atoms with Crippen LogP contribution < -0.4 is 4.90 Å². The standard InChI is InChI=1S/C42H44N2/c1-7-11-13-19-35(10-4)44-41-27-25-34(33(9-3)24-23-31(5)8-2)29-38(41)39-30-37(26-28-42(39)44)43(36-20-14-12-15-21-36)40-22-17-16-18-32(40)6/h7-9,11-17,19-30,32,35H,2,5,10,18H2,1,3-4,6H3/b11-7-,19-13-,24-23-,33-9+. The van der Waals surface area contributed by atoms with Gasteiger partial charge in [-0.25, -0.2) is 0 Å². The van der Waals surface area contributed by atoms with Crippen molar-refractivity contribution in [3.63, 3.8) is 0 Å². The van der Waals surface area contributed by atoms with Crippen LogP contribution in [0.4, 0.5) is 11.4 Å². The molecule has 2 nitrogen and oxygen atoms in total. The quantitative estimate of drug-likeness (QED) is 0.161. The summed E-state index contributed by atoms with van der Waals surface area (Å²) < 4.78 is 2.51. The molecule has 1 aromatic heterocycles. The molecule has 0 fully saturated rings. The molecule has 2 heteroatoms. The molecule has 0 radical (unpaired) electrons. The fourth-order valence-corrected chi connectivity index (χ4v) is 6.10. The van der Waals surface area contributed by atoms with E-state index in [1.165, 1.54) is 44.4 Å². The number of anilines is 2. The van der Waals surface area contributed by atoms with Crippen molar-refractivity contribution in [1.82, 2.24) is 4.57 Å². The lowest BCUT2D eigenvalue weighted by atomic mass is 9.96. The highest BCUT2D eigenvalue weighted by Crippen LogP contribution is 2.41. The van der Waals surface area contributed by atoms with Crippen molar-refractivity contribution in [2.75, 3.05) is 4.90 Å². The highest BCUT2D eigenvalue weighted by atomic mass is 15.2. The maximum atomic E-state index is 4.06. The summed E-state index contributed by atoms with van der Waals surface area (Å²) in [4.78, 5) is 2.44. The Morgan fingerprint density at radius 1 is 0.955 bits per heavy atom. The number of hydrogen-bond donors (Lipinski definition) is 0. The number of benzene rings is 3. The van der Waals surface area contributed by atoms with Crippen LogP contribution in [-0.2, 0) is 0 Å². The molecule has 4 aromatic rings. The molecular weight excluding hydrogens is 532 g/mol. The van der Waals surface area contributed by atoms with E-state index in [1.807, 2.05) is 6.08 Å². The lowest BCUT2D eigenvalue weighted by molar-refractivity contribution is 0.622. The largest absolute Gasteiger partial charge is 0.333 e. The maximum Gasteiger partial charge on any atom is 0.0523 e. The Balaban J connectivity index is 1.77. The normalized spacial score (nSPS) is 16.4. The number of rotatable bonds is 11. The third kappa shape index (κ3) is 6.26. The van der Waals surface area contributed by atoms with Crippen LogP contribution in [0.25, 0.3) is 27.4 Å². The Hall–Kier alpha value is -4.82. The minimum absolute atomic E-state index is 0.233. The predicted molar refractivity (Wildman–Crippen MR) is 194 cm³/mol. The van der Waals surface area contributed by atoms with E-state index in [1.54, 1.807) is 6.08 Å². The predicted octanol–water partition coefficient (Wildman–Crippen LogP) is 12.2. The smallest absolute Gasteiger partial charge is 0.0523 e. The minimum Gasteiger partial charge on any atom is -0.333 e. The molecular formula is C42H44N2. The molecule has 5 rings (SSSR count). The summed E-state index contributed by atoms with van der Waals surface area (Å²) >= 11 is 0. The number of hydrogen-bond acceptors (Lipinski definition) is 1. The monoisotopic (exact) mass is 576 g/mol. The maximum absolute atomic E-state index is 4.06. The molecule has 3 aromatic carbocycles. The van der Waals surface area contributed by atoms with Crippen molar-refractivity contribution in [2.45, 2.75) is 46.6 Å². The highest BCUT2D eigenvalue weighted by molar-refractivity contribution is 6.10. The molecule has 2 unspecified atom stereocenters. The van der Waals surface area contributed by atoms with Gasteiger partial charge in [-0.15, -0.1) is 0 Å². The number of para-hydroxylation sites is 1. The van der Waals surface area contributed by atoms with Gasteiger partial charge in [-0.2, -0.15) is 0 Å². The Kier molecular flexibility index (Phi) is 9.82. The van der Waals surface area contributed by atoms with Crippen LogP contribution in [0.2, 0.25) is 0 Å². The highest BCUT2D eigenvalue weighted by Gasteiger charge is 2.23. The lowest BCUT2D eigenvalue weighted by Gasteiger charge is -2.32. The minimum atomic E-state index is 0.233. The molecule has 0 bridgehead atoms. The molecule has 2 atom stereocenters. The van der Waals surface area contributed by atoms with Crippen LogP contribution in [0, 0.1) is 5.92 Å². The summed E-state index contributed by atoms with van der Waals surface area (Å²) in [6, 6.07) is 24.9. The van der Waals surface area contributed by atoms with Gasteiger partial charge < -0.3 is 9.47 Å². The van der Waals surface area contributed by atoms with Crippen LogP contribution in [-0.4, -0.2) is 4.57 Å². The van der Waals surface area contributed by atoms with Gasteiger partial charge in [-0.1, -0.05) is 112 Å². The van der Waals surface area contributed by atoms with Crippen molar-refractivity contribution in [2.24, 2.45) is 5.92 Å². The molecule has 1 heterocycles. The van der Waals surface area contributed by atoms with E-state index in [-0.39, 0.29) is 6.04 Å². The molecule has 0 saturated carbocycles. The average Bonchev–Trinajstić information content (AvgIpc) is 3.38. The van der Waals surface area contributed by atoms with Crippen LogP contribution in [0.3, 0.4) is 0 Å². The van der Waals surface area contributed by atoms with Crippen molar-refractivity contribution in [3.05, 3.63) is 164 Å². The van der Waals surface area contributed by atoms with Gasteiger partial charge in [0, 0.05) is 44.8 Å². The molecule has 0 N–H and O–H groups in total. The first-order valence-electron chi connectivity index (χ1n) is 15.8. The second-order valence-corrected chi connectivity index (χ2v) is 11.4. The fourth-order valence-electron chi connectivity index (χ4n) is 6.10. The molecule has 0 amide bonds. The van der Waals surface area contributed by atoms with Gasteiger partial charge in [0.2, 0.25) is 0 Å². The van der Waals surface area contributed by atoms with Crippen LogP contribution in [0.1, 0.15) is 52.1 Å². The summed E-state index contributed by atoms with van der Waals surface area (Å²) in [7, 11) is 0. The van der Waals surface area contributed by atoms with E-state index < -0.39 is 0 Å². The topological polar surface area (TPSA) is 8.17 Å². The third-order valence-electron chi connectivity index (χ3n) is 8.48. The number of aromatic nitrogens is 1. The summed E-state index contributed by atoms with van der Waals surface area (Å²) in [5.41, 5.74) is 9.39. The lowest BCUT2D eigenvalue weighted by Crippen LogP contribution is -2.22. The van der Waals surface area contributed by atoms with Gasteiger partial charge in [-0.05, 0) is 91.9 Å². The zero-order valence-corrected chi connectivity index (χ0v) is 26.6. The van der Waals surface area contributed by atoms with Gasteiger partial charge in [0.1, 0.15) is 0 Å². The van der Waals surface area contributed by atoms with Gasteiger partial charge in [0.15, 0.2) is 0 Å². The first kappa shape index (κ1) is 30.6. The second-order valence-electron chi connectivity index (χ2n) is 11.4. The van der Waals surface area contributed by atoms with E-state index in [2.05, 4.69) is 172 Å². The second kappa shape index (κ2) is 14.1. The summed E-state index contributed by atoms with van der Waals surface area (Å²) in [5, 5.41) is 2.51. The van der Waals surface area contributed by atoms with Crippen molar-refractivity contribution >= 4 is 38.8 Å². The Morgan fingerprint density at radius 3 is 2.39 bits per heavy atom. The van der Waals surface area contributed by atoms with Gasteiger partial charge in [0.25, 0.3) is 0 Å². The summed E-state index contributed by atoms with van der Waals surface area (Å²) in [6.45, 7) is 16.6. The first-order valence-corrected chi connectivity index (χ1v) is 15.8. The van der Waals surface area contributed by atoms with E-state index in [9.17, 15) is 0 Å². The first-order chi connectivity index (χ1) is 21.5. The van der Waals surface area contributed by atoms with Gasteiger partial charge >= 0.3 is 0 Å². The Bertz CT molecular complexity index is 1830. The zero-order chi connectivity index (χ0) is 31.1. The van der Waals surface area contributed by atoms with E-state index >= 15 is 0 Å². The third-order valence-corrected chi connectivity index (χ3v) is 8.48. The van der Waals surface area contributed by atoms with E-state index in [4.69, 9.17) is 0 Å². The van der Waals surface area contributed by atoms with Crippen LogP contribution in [0.5, 0.6) is 0 Å². The Labute approximate surface area is 263 Å². The molecule has 0 saturated heterocycles. The number of fused-ring (bicyclic) bond motifs is 3.